The third kappa shape index (κ3) is 2.61. The average Bonchev–Trinajstić information content (AvgIpc) is 2.36. The van der Waals surface area contributed by atoms with E-state index < -0.39 is 22.5 Å². The topological polar surface area (TPSA) is 80.4 Å². The number of halogens is 2. The van der Waals surface area contributed by atoms with Gasteiger partial charge in [-0.3, -0.25) is 10.1 Å². The number of carboxylic acids is 1. The molecule has 0 fully saturated rings. The van der Waals surface area contributed by atoms with E-state index >= 15 is 0 Å². The molecule has 0 atom stereocenters. The van der Waals surface area contributed by atoms with Gasteiger partial charge in [0, 0.05) is 23.8 Å². The van der Waals surface area contributed by atoms with Crippen LogP contribution in [0.5, 0.6) is 0 Å². The monoisotopic (exact) mass is 279 g/mol. The molecule has 0 aliphatic rings. The fourth-order valence-electron chi connectivity index (χ4n) is 1.78. The van der Waals surface area contributed by atoms with Crippen LogP contribution in [-0.4, -0.2) is 16.0 Å². The highest BCUT2D eigenvalue weighted by Gasteiger charge is 2.17. The summed E-state index contributed by atoms with van der Waals surface area (Å²) >= 11 is 0. The minimum Gasteiger partial charge on any atom is -0.478 e. The predicted octanol–water partition coefficient (Wildman–Crippen LogP) is 3.24. The Balaban J connectivity index is 2.71. The first-order valence-electron chi connectivity index (χ1n) is 5.36. The molecule has 0 bridgehead atoms. The van der Waals surface area contributed by atoms with Crippen molar-refractivity contribution < 1.29 is 23.6 Å². The summed E-state index contributed by atoms with van der Waals surface area (Å²) in [7, 11) is 0. The van der Waals surface area contributed by atoms with Crippen LogP contribution in [0.25, 0.3) is 11.1 Å². The summed E-state index contributed by atoms with van der Waals surface area (Å²) in [6.45, 7) is 0. The van der Waals surface area contributed by atoms with Crippen LogP contribution in [-0.2, 0) is 0 Å². The molecule has 0 unspecified atom stereocenters. The third-order valence-electron chi connectivity index (χ3n) is 2.62. The van der Waals surface area contributed by atoms with Crippen molar-refractivity contribution in [2.45, 2.75) is 0 Å². The number of nitro groups is 1. The summed E-state index contributed by atoms with van der Waals surface area (Å²) in [4.78, 5) is 21.1. The molecule has 0 heterocycles. The van der Waals surface area contributed by atoms with Gasteiger partial charge in [0.15, 0.2) is 0 Å². The quantitative estimate of drug-likeness (QED) is 0.690. The molecule has 7 heteroatoms. The number of carbonyl (C=O) groups is 1. The first kappa shape index (κ1) is 13.6. The number of hydrogen-bond acceptors (Lipinski definition) is 3. The Morgan fingerprint density at radius 1 is 1.10 bits per heavy atom. The van der Waals surface area contributed by atoms with Crippen molar-refractivity contribution in [2.24, 2.45) is 0 Å². The Hall–Kier alpha value is -2.83. The number of hydrogen-bond donors (Lipinski definition) is 1. The highest BCUT2D eigenvalue weighted by atomic mass is 19.1. The van der Waals surface area contributed by atoms with Crippen LogP contribution in [0, 0.1) is 21.7 Å². The first-order chi connectivity index (χ1) is 9.38. The van der Waals surface area contributed by atoms with Crippen molar-refractivity contribution in [3.8, 4) is 11.1 Å². The van der Waals surface area contributed by atoms with Gasteiger partial charge in [-0.2, -0.15) is 0 Å². The summed E-state index contributed by atoms with van der Waals surface area (Å²) < 4.78 is 26.4. The first-order valence-corrected chi connectivity index (χ1v) is 5.36. The van der Waals surface area contributed by atoms with Crippen molar-refractivity contribution >= 4 is 11.7 Å². The molecular formula is C13H7F2NO4. The van der Waals surface area contributed by atoms with E-state index in [4.69, 9.17) is 5.11 Å². The Bertz CT molecular complexity index is 695. The molecule has 1 N–H and O–H groups in total. The van der Waals surface area contributed by atoms with Gasteiger partial charge in [-0.25, -0.2) is 13.6 Å². The Labute approximate surface area is 111 Å². The maximum absolute atomic E-state index is 13.2. The zero-order chi connectivity index (χ0) is 14.9. The molecule has 0 spiro atoms. The molecule has 2 rings (SSSR count). The van der Waals surface area contributed by atoms with Crippen LogP contribution in [0.2, 0.25) is 0 Å². The number of rotatable bonds is 3. The highest BCUT2D eigenvalue weighted by molar-refractivity contribution is 5.96. The number of aromatic carboxylic acids is 1. The van der Waals surface area contributed by atoms with Crippen LogP contribution in [0.15, 0.2) is 36.4 Å². The smallest absolute Gasteiger partial charge is 0.336 e. The van der Waals surface area contributed by atoms with E-state index in [1.54, 1.807) is 0 Å². The van der Waals surface area contributed by atoms with Gasteiger partial charge in [-0.05, 0) is 23.8 Å². The van der Waals surface area contributed by atoms with E-state index in [1.807, 2.05) is 0 Å². The molecule has 0 aromatic heterocycles. The van der Waals surface area contributed by atoms with Gasteiger partial charge in [0.2, 0.25) is 0 Å². The second-order valence-corrected chi connectivity index (χ2v) is 3.95. The van der Waals surface area contributed by atoms with Gasteiger partial charge >= 0.3 is 5.97 Å². The van der Waals surface area contributed by atoms with Crippen molar-refractivity contribution in [1.82, 2.24) is 0 Å². The third-order valence-corrected chi connectivity index (χ3v) is 2.62. The van der Waals surface area contributed by atoms with Crippen molar-refractivity contribution in [2.75, 3.05) is 0 Å². The van der Waals surface area contributed by atoms with Crippen LogP contribution < -0.4 is 0 Å². The van der Waals surface area contributed by atoms with E-state index in [-0.39, 0.29) is 22.4 Å². The number of nitro benzene ring substituents is 1. The van der Waals surface area contributed by atoms with E-state index in [1.165, 1.54) is 0 Å². The molecule has 0 aliphatic heterocycles. The molecule has 0 saturated carbocycles. The molecule has 0 aliphatic carbocycles. The molecule has 0 saturated heterocycles. The molecule has 0 radical (unpaired) electrons. The number of non-ortho nitro benzene ring substituents is 1. The van der Waals surface area contributed by atoms with Crippen molar-refractivity contribution in [3.05, 3.63) is 63.7 Å². The Morgan fingerprint density at radius 3 is 2.20 bits per heavy atom. The van der Waals surface area contributed by atoms with Crippen molar-refractivity contribution in [3.63, 3.8) is 0 Å². The van der Waals surface area contributed by atoms with E-state index in [9.17, 15) is 23.7 Å². The van der Waals surface area contributed by atoms with E-state index in [2.05, 4.69) is 0 Å². The lowest BCUT2D eigenvalue weighted by molar-refractivity contribution is -0.384. The standard InChI is InChI=1S/C13H7F2NO4/c14-8-3-7(4-9(15)5-8)12-6-10(16(19)20)1-2-11(12)13(17)18/h1-6H,(H,17,18). The molecule has 2 aromatic carbocycles. The minimum atomic E-state index is -1.35. The summed E-state index contributed by atoms with van der Waals surface area (Å²) in [6, 6.07) is 5.46. The molecule has 0 amide bonds. The normalized spacial score (nSPS) is 10.3. The number of benzene rings is 2. The second kappa shape index (κ2) is 5.04. The Morgan fingerprint density at radius 2 is 1.70 bits per heavy atom. The fourth-order valence-corrected chi connectivity index (χ4v) is 1.78. The van der Waals surface area contributed by atoms with Crippen LogP contribution in [0.3, 0.4) is 0 Å². The lowest BCUT2D eigenvalue weighted by atomic mass is 9.98. The second-order valence-electron chi connectivity index (χ2n) is 3.95. The number of carboxylic acid groups (broad SMARTS) is 1. The lowest BCUT2D eigenvalue weighted by Gasteiger charge is -2.07. The Kier molecular flexibility index (Phi) is 3.43. The van der Waals surface area contributed by atoms with Crippen LogP contribution in [0.1, 0.15) is 10.4 Å². The lowest BCUT2D eigenvalue weighted by Crippen LogP contribution is -2.01. The van der Waals surface area contributed by atoms with Gasteiger partial charge in [0.1, 0.15) is 11.6 Å². The molecule has 5 nitrogen and oxygen atoms in total. The van der Waals surface area contributed by atoms with Crippen LogP contribution >= 0.6 is 0 Å². The molecular weight excluding hydrogens is 272 g/mol. The largest absolute Gasteiger partial charge is 0.478 e. The maximum atomic E-state index is 13.2. The molecule has 102 valence electrons. The summed E-state index contributed by atoms with van der Waals surface area (Å²) in [6.07, 6.45) is 0. The van der Waals surface area contributed by atoms with E-state index in [0.29, 0.717) is 6.07 Å². The molecule has 20 heavy (non-hydrogen) atoms. The summed E-state index contributed by atoms with van der Waals surface area (Å²) in [5.41, 5.74) is -0.844. The maximum Gasteiger partial charge on any atom is 0.336 e. The minimum absolute atomic E-state index is 0.0800. The zero-order valence-electron chi connectivity index (χ0n) is 9.84. The van der Waals surface area contributed by atoms with Gasteiger partial charge in [-0.1, -0.05) is 0 Å². The SMILES string of the molecule is O=C(O)c1ccc([N+](=O)[O-])cc1-c1cc(F)cc(F)c1. The molecule has 2 aromatic rings. The summed E-state index contributed by atoms with van der Waals surface area (Å²) in [5, 5.41) is 19.7. The van der Waals surface area contributed by atoms with Gasteiger partial charge < -0.3 is 5.11 Å². The summed E-state index contributed by atoms with van der Waals surface area (Å²) in [5.74, 6) is -3.15. The van der Waals surface area contributed by atoms with Crippen LogP contribution in [0.4, 0.5) is 14.5 Å². The number of nitrogens with zero attached hydrogens (tertiary/aromatic N) is 1. The van der Waals surface area contributed by atoms with Gasteiger partial charge in [-0.15, -0.1) is 0 Å². The van der Waals surface area contributed by atoms with Gasteiger partial charge in [0.25, 0.3) is 5.69 Å². The van der Waals surface area contributed by atoms with Crippen molar-refractivity contribution in [1.29, 1.82) is 0 Å². The van der Waals surface area contributed by atoms with E-state index in [0.717, 1.165) is 30.3 Å². The predicted molar refractivity (Wildman–Crippen MR) is 65.4 cm³/mol. The fraction of sp³-hybridized carbons (Fsp3) is 0. The zero-order valence-corrected chi connectivity index (χ0v) is 9.84. The van der Waals surface area contributed by atoms with Gasteiger partial charge in [0.05, 0.1) is 10.5 Å². The average molecular weight is 279 g/mol. The highest BCUT2D eigenvalue weighted by Crippen LogP contribution is 2.29.